The molecule has 3 N–H and O–H groups in total. The van der Waals surface area contributed by atoms with Gasteiger partial charge in [0.25, 0.3) is 0 Å². The summed E-state index contributed by atoms with van der Waals surface area (Å²) in [4.78, 5) is 0. The maximum Gasteiger partial charge on any atom is 0.0205 e. The molecule has 1 aromatic carbocycles. The maximum absolute atomic E-state index is 3.80. The average molecular weight is 917 g/mol. The summed E-state index contributed by atoms with van der Waals surface area (Å²) in [6.07, 6.45) is 72.1. The van der Waals surface area contributed by atoms with E-state index in [1.165, 1.54) is 286 Å². The Morgan fingerprint density at radius 1 is 0.242 bits per heavy atom. The first-order valence-corrected chi connectivity index (χ1v) is 30.0. The molecule has 1 aromatic rings. The highest BCUT2D eigenvalue weighted by Crippen LogP contribution is 2.15. The fourth-order valence-corrected chi connectivity index (χ4v) is 9.34. The lowest BCUT2D eigenvalue weighted by Gasteiger charge is -2.13. The number of unbranched alkanes of at least 4 members (excludes halogenated alkanes) is 36. The summed E-state index contributed by atoms with van der Waals surface area (Å²) in [5.41, 5.74) is 4.35. The maximum atomic E-state index is 3.80. The van der Waals surface area contributed by atoms with E-state index >= 15 is 0 Å². The molecule has 0 bridgehead atoms. The largest absolute Gasteiger partial charge is 0.313 e. The molecule has 1 rings (SSSR count). The predicted octanol–water partition coefficient (Wildman–Crippen LogP) is 20.1. The van der Waals surface area contributed by atoms with Crippen molar-refractivity contribution >= 4 is 0 Å². The highest BCUT2D eigenvalue weighted by Gasteiger charge is 2.04. The molecular formula is C63H117N3. The monoisotopic (exact) mass is 916 g/mol. The van der Waals surface area contributed by atoms with Crippen LogP contribution in [0.3, 0.4) is 0 Å². The van der Waals surface area contributed by atoms with Crippen LogP contribution in [0.25, 0.3) is 0 Å². The van der Waals surface area contributed by atoms with E-state index in [1.807, 2.05) is 0 Å². The zero-order valence-electron chi connectivity index (χ0n) is 45.1. The molecule has 3 heteroatoms. The van der Waals surface area contributed by atoms with E-state index in [0.29, 0.717) is 0 Å². The number of benzene rings is 1. The Balaban J connectivity index is 2.29. The molecule has 0 aliphatic rings. The Bertz CT molecular complexity index is 1010. The second-order valence-electron chi connectivity index (χ2n) is 20.5. The molecule has 384 valence electrons. The second kappa shape index (κ2) is 54.3. The first kappa shape index (κ1) is 62.3. The van der Waals surface area contributed by atoms with E-state index in [9.17, 15) is 0 Å². The molecule has 0 aliphatic heterocycles. The summed E-state index contributed by atoms with van der Waals surface area (Å²) in [7, 11) is 0. The minimum Gasteiger partial charge on any atom is -0.313 e. The van der Waals surface area contributed by atoms with Gasteiger partial charge in [0.1, 0.15) is 0 Å². The van der Waals surface area contributed by atoms with Crippen molar-refractivity contribution in [2.45, 2.75) is 310 Å². The zero-order valence-corrected chi connectivity index (χ0v) is 45.1. The number of hydrogen-bond acceptors (Lipinski definition) is 3. The van der Waals surface area contributed by atoms with Gasteiger partial charge in [0.05, 0.1) is 0 Å². The van der Waals surface area contributed by atoms with Crippen molar-refractivity contribution in [1.82, 2.24) is 16.0 Å². The number of allylic oxidation sites excluding steroid dienone is 6. The van der Waals surface area contributed by atoms with Crippen LogP contribution in [0, 0.1) is 0 Å². The average Bonchev–Trinajstić information content (AvgIpc) is 3.32. The van der Waals surface area contributed by atoms with Gasteiger partial charge in [0, 0.05) is 19.6 Å². The van der Waals surface area contributed by atoms with E-state index in [0.717, 1.165) is 39.3 Å². The van der Waals surface area contributed by atoms with E-state index in [-0.39, 0.29) is 0 Å². The number of rotatable bonds is 54. The smallest absolute Gasteiger partial charge is 0.0205 e. The van der Waals surface area contributed by atoms with Crippen LogP contribution in [0.5, 0.6) is 0 Å². The minimum atomic E-state index is 0.982. The van der Waals surface area contributed by atoms with E-state index in [4.69, 9.17) is 0 Å². The minimum absolute atomic E-state index is 0.982. The molecule has 0 atom stereocenters. The summed E-state index contributed by atoms with van der Waals surface area (Å²) < 4.78 is 0. The van der Waals surface area contributed by atoms with Gasteiger partial charge in [-0.3, -0.25) is 0 Å². The lowest BCUT2D eigenvalue weighted by atomic mass is 10.0. The lowest BCUT2D eigenvalue weighted by molar-refractivity contribution is 0.561. The highest BCUT2D eigenvalue weighted by molar-refractivity contribution is 5.30. The third-order valence-corrected chi connectivity index (χ3v) is 13.7. The van der Waals surface area contributed by atoms with E-state index in [2.05, 4.69) is 91.4 Å². The van der Waals surface area contributed by atoms with E-state index in [1.54, 1.807) is 0 Å². The van der Waals surface area contributed by atoms with Crippen molar-refractivity contribution in [3.63, 3.8) is 0 Å². The van der Waals surface area contributed by atoms with Crippen molar-refractivity contribution in [3.05, 3.63) is 71.3 Å². The molecule has 0 heterocycles. The van der Waals surface area contributed by atoms with Gasteiger partial charge >= 0.3 is 0 Å². The van der Waals surface area contributed by atoms with Gasteiger partial charge in [0.2, 0.25) is 0 Å². The molecule has 0 saturated heterocycles. The Labute approximate surface area is 415 Å². The molecule has 0 amide bonds. The zero-order chi connectivity index (χ0) is 47.2. The molecule has 0 spiro atoms. The van der Waals surface area contributed by atoms with Gasteiger partial charge in [-0.15, -0.1) is 0 Å². The van der Waals surface area contributed by atoms with Crippen LogP contribution in [0.4, 0.5) is 0 Å². The number of hydrogen-bond donors (Lipinski definition) is 3. The summed E-state index contributed by atoms with van der Waals surface area (Å²) in [6, 6.07) is 7.37. The van der Waals surface area contributed by atoms with Crippen molar-refractivity contribution < 1.29 is 0 Å². The molecule has 0 aromatic heterocycles. The van der Waals surface area contributed by atoms with Crippen molar-refractivity contribution in [2.24, 2.45) is 0 Å². The Morgan fingerprint density at radius 3 is 0.636 bits per heavy atom. The van der Waals surface area contributed by atoms with Crippen molar-refractivity contribution in [3.8, 4) is 0 Å². The first-order valence-electron chi connectivity index (χ1n) is 30.0. The van der Waals surface area contributed by atoms with E-state index < -0.39 is 0 Å². The summed E-state index contributed by atoms with van der Waals surface area (Å²) in [5.74, 6) is 0. The van der Waals surface area contributed by atoms with Crippen LogP contribution in [0.15, 0.2) is 54.7 Å². The Hall–Kier alpha value is -1.68. The van der Waals surface area contributed by atoms with Gasteiger partial charge in [-0.1, -0.05) is 249 Å². The van der Waals surface area contributed by atoms with Crippen LogP contribution in [0.2, 0.25) is 0 Å². The van der Waals surface area contributed by atoms with Gasteiger partial charge in [0.15, 0.2) is 0 Å². The van der Waals surface area contributed by atoms with Gasteiger partial charge in [-0.25, -0.2) is 0 Å². The summed E-state index contributed by atoms with van der Waals surface area (Å²) in [6.45, 7) is 13.2. The summed E-state index contributed by atoms with van der Waals surface area (Å²) in [5, 5.41) is 11.4. The van der Waals surface area contributed by atoms with Crippen LogP contribution in [-0.2, 0) is 19.6 Å². The third kappa shape index (κ3) is 47.4. The standard InChI is InChI=1S/C63H117N3/c1-4-7-10-13-16-19-22-25-28-31-34-37-40-43-46-49-52-64-58-61-55-62(59-65-53-50-47-44-41-38-35-32-29-26-23-20-17-14-11-8-5-2)57-63(56-61)60-66-54-51-48-45-42-39-36-33-30-27-24-21-18-15-12-9-6-3/h25-30,55-57,64-66H,4-24,31-54,58-60H2,1-3H3/b28-25-,29-26?,30-27?. The quantitative estimate of drug-likeness (QED) is 0.0450. The normalized spacial score (nSPS) is 12.0. The van der Waals surface area contributed by atoms with Gasteiger partial charge in [-0.2, -0.15) is 0 Å². The van der Waals surface area contributed by atoms with Crippen molar-refractivity contribution in [1.29, 1.82) is 0 Å². The third-order valence-electron chi connectivity index (χ3n) is 13.7. The molecule has 0 aliphatic carbocycles. The SMILES string of the molecule is CCCCCCCCC=CCCCCCCCCNCc1cc(CNCCCCCCCCC=CCCCCCCCC)cc(CNCCCCCCCC/C=C\CCCCCCCC)c1. The fraction of sp³-hybridized carbons (Fsp3) is 0.810. The second-order valence-corrected chi connectivity index (χ2v) is 20.5. The molecule has 0 fully saturated rings. The predicted molar refractivity (Wildman–Crippen MR) is 300 cm³/mol. The fourth-order valence-electron chi connectivity index (χ4n) is 9.34. The van der Waals surface area contributed by atoms with Gasteiger partial charge in [-0.05, 0) is 133 Å². The lowest BCUT2D eigenvalue weighted by Crippen LogP contribution is -2.19. The van der Waals surface area contributed by atoms with Crippen LogP contribution < -0.4 is 16.0 Å². The van der Waals surface area contributed by atoms with Crippen molar-refractivity contribution in [2.75, 3.05) is 19.6 Å². The molecule has 0 saturated carbocycles. The molecule has 0 radical (unpaired) electrons. The summed E-state index contributed by atoms with van der Waals surface area (Å²) >= 11 is 0. The molecule has 3 nitrogen and oxygen atoms in total. The van der Waals surface area contributed by atoms with Gasteiger partial charge < -0.3 is 16.0 Å². The molecular weight excluding hydrogens is 799 g/mol. The van der Waals surface area contributed by atoms with Crippen LogP contribution in [0.1, 0.15) is 307 Å². The van der Waals surface area contributed by atoms with Crippen LogP contribution >= 0.6 is 0 Å². The van der Waals surface area contributed by atoms with Crippen LogP contribution in [-0.4, -0.2) is 19.6 Å². The molecule has 66 heavy (non-hydrogen) atoms. The Morgan fingerprint density at radius 2 is 0.424 bits per heavy atom. The Kier molecular flexibility index (Phi) is 51.3. The number of nitrogens with one attached hydrogen (secondary N) is 3. The molecule has 0 unspecified atom stereocenters. The topological polar surface area (TPSA) is 36.1 Å². The highest BCUT2D eigenvalue weighted by atomic mass is 14.9. The first-order chi connectivity index (χ1) is 32.8.